The van der Waals surface area contributed by atoms with Gasteiger partial charge < -0.3 is 25.2 Å². The Labute approximate surface area is 172 Å². The first-order valence-corrected chi connectivity index (χ1v) is 11.3. The van der Waals surface area contributed by atoms with Crippen LogP contribution in [0, 0.1) is 34.5 Å². The molecule has 0 spiro atoms. The molecule has 6 heteroatoms. The summed E-state index contributed by atoms with van der Waals surface area (Å²) in [5.74, 6) is -0.301. The average molecular weight is 407 g/mol. The lowest BCUT2D eigenvalue weighted by Crippen LogP contribution is -2.67. The number of aliphatic hydroxyl groups is 4. The molecular weight excluding hydrogens is 372 g/mol. The second kappa shape index (κ2) is 6.52. The lowest BCUT2D eigenvalue weighted by atomic mass is 9.42. The fourth-order valence-electron chi connectivity index (χ4n) is 8.57. The molecule has 6 nitrogen and oxygen atoms in total. The number of cyclic esters (lactones) is 1. The molecule has 1 aliphatic heterocycles. The van der Waals surface area contributed by atoms with Crippen molar-refractivity contribution in [1.29, 1.82) is 0 Å². The van der Waals surface area contributed by atoms with E-state index in [9.17, 15) is 25.2 Å². The molecule has 0 unspecified atom stereocenters. The van der Waals surface area contributed by atoms with E-state index in [1.807, 2.05) is 0 Å². The molecule has 29 heavy (non-hydrogen) atoms. The normalized spacial score (nSPS) is 54.2. The first-order chi connectivity index (χ1) is 13.7. The number of ether oxygens (including phenoxy) is 1. The number of aliphatic hydroxyl groups excluding tert-OH is 3. The molecule has 5 rings (SSSR count). The number of fused-ring (bicyclic) bond motifs is 5. The number of esters is 1. The molecule has 162 valence electrons. The molecule has 0 amide bonds. The van der Waals surface area contributed by atoms with Gasteiger partial charge in [-0.25, -0.2) is 4.79 Å². The summed E-state index contributed by atoms with van der Waals surface area (Å²) in [4.78, 5) is 11.7. The van der Waals surface area contributed by atoms with Gasteiger partial charge in [0.1, 0.15) is 6.61 Å². The summed E-state index contributed by atoms with van der Waals surface area (Å²) in [5, 5.41) is 44.3. The molecule has 9 atom stereocenters. The van der Waals surface area contributed by atoms with Crippen LogP contribution in [0.3, 0.4) is 0 Å². The van der Waals surface area contributed by atoms with Crippen molar-refractivity contribution in [2.75, 3.05) is 13.2 Å². The van der Waals surface area contributed by atoms with E-state index in [1.165, 1.54) is 0 Å². The molecule has 4 aliphatic carbocycles. The fraction of sp³-hybridized carbons (Fsp3) is 0.870. The van der Waals surface area contributed by atoms with Crippen molar-refractivity contribution in [3.63, 3.8) is 0 Å². The number of carbonyl (C=O) groups excluding carboxylic acids is 1. The van der Waals surface area contributed by atoms with Gasteiger partial charge in [-0.15, -0.1) is 0 Å². The maximum atomic E-state index is 12.1. The van der Waals surface area contributed by atoms with Crippen LogP contribution in [0.2, 0.25) is 0 Å². The second-order valence-electron chi connectivity index (χ2n) is 10.8. The second-order valence-corrected chi connectivity index (χ2v) is 10.8. The van der Waals surface area contributed by atoms with Crippen molar-refractivity contribution >= 4 is 5.97 Å². The highest BCUT2D eigenvalue weighted by atomic mass is 16.5. The van der Waals surface area contributed by atoms with Crippen LogP contribution in [0.15, 0.2) is 11.6 Å². The van der Waals surface area contributed by atoms with E-state index >= 15 is 0 Å². The molecular formula is C23H34O6. The summed E-state index contributed by atoms with van der Waals surface area (Å²) in [6.07, 6.45) is 6.29. The van der Waals surface area contributed by atoms with Crippen molar-refractivity contribution in [2.45, 2.75) is 76.1 Å². The highest BCUT2D eigenvalue weighted by Gasteiger charge is 2.70. The summed E-state index contributed by atoms with van der Waals surface area (Å²) in [5.41, 5.74) is -0.893. The molecule has 0 aromatic rings. The third kappa shape index (κ3) is 2.52. The van der Waals surface area contributed by atoms with Crippen molar-refractivity contribution in [3.8, 4) is 0 Å². The van der Waals surface area contributed by atoms with Crippen molar-refractivity contribution < 1.29 is 30.0 Å². The Morgan fingerprint density at radius 3 is 2.66 bits per heavy atom. The Morgan fingerprint density at radius 1 is 1.17 bits per heavy atom. The minimum Gasteiger partial charge on any atom is -0.458 e. The first-order valence-electron chi connectivity index (χ1n) is 11.3. The SMILES string of the molecule is C[C@]12C[C@@H](O)[C@H]3[C@@H](CC[C@H]4C[C@@H](O)CC[C@@]43CO)[C@@]1(O)CC[C@@H]2C1=CC(=O)OC1. The average Bonchev–Trinajstić information content (AvgIpc) is 3.22. The zero-order chi connectivity index (χ0) is 20.6. The molecule has 0 radical (unpaired) electrons. The Morgan fingerprint density at radius 2 is 1.97 bits per heavy atom. The molecule has 0 aromatic heterocycles. The Balaban J connectivity index is 1.53. The zero-order valence-corrected chi connectivity index (χ0v) is 17.2. The minimum atomic E-state index is -0.919. The first kappa shape index (κ1) is 20.0. The van der Waals surface area contributed by atoms with Crippen LogP contribution in [0.4, 0.5) is 0 Å². The minimum absolute atomic E-state index is 0.00628. The van der Waals surface area contributed by atoms with Crippen LogP contribution in [0.25, 0.3) is 0 Å². The molecule has 5 aliphatic rings. The molecule has 1 heterocycles. The van der Waals surface area contributed by atoms with Crippen molar-refractivity contribution in [2.24, 2.45) is 34.5 Å². The van der Waals surface area contributed by atoms with Crippen LogP contribution >= 0.6 is 0 Å². The van der Waals surface area contributed by atoms with Crippen LogP contribution in [0.5, 0.6) is 0 Å². The van der Waals surface area contributed by atoms with Crippen LogP contribution < -0.4 is 0 Å². The van der Waals surface area contributed by atoms with E-state index in [0.717, 1.165) is 24.8 Å². The highest BCUT2D eigenvalue weighted by molar-refractivity contribution is 5.85. The quantitative estimate of drug-likeness (QED) is 0.519. The van der Waals surface area contributed by atoms with Gasteiger partial charge in [0, 0.05) is 23.5 Å². The lowest BCUT2D eigenvalue weighted by Gasteiger charge is -2.65. The van der Waals surface area contributed by atoms with Gasteiger partial charge in [0.05, 0.1) is 17.8 Å². The smallest absolute Gasteiger partial charge is 0.331 e. The van der Waals surface area contributed by atoms with Gasteiger partial charge in [0.2, 0.25) is 0 Å². The summed E-state index contributed by atoms with van der Waals surface area (Å²) >= 11 is 0. The van der Waals surface area contributed by atoms with Gasteiger partial charge >= 0.3 is 5.97 Å². The zero-order valence-electron chi connectivity index (χ0n) is 17.2. The maximum Gasteiger partial charge on any atom is 0.331 e. The van der Waals surface area contributed by atoms with E-state index in [1.54, 1.807) is 6.08 Å². The number of rotatable bonds is 2. The summed E-state index contributed by atoms with van der Waals surface area (Å²) < 4.78 is 5.15. The highest BCUT2D eigenvalue weighted by Crippen LogP contribution is 2.69. The Hall–Kier alpha value is -0.950. The Kier molecular flexibility index (Phi) is 4.49. The maximum absolute atomic E-state index is 12.1. The standard InChI is InChI=1S/C23H34O6/c1-21-10-18(26)20-17(3-2-14-9-15(25)4-6-22(14,20)12-24)23(21,28)7-5-16(21)13-8-19(27)29-11-13/h8,14-18,20,24-26,28H,2-7,9-12H2,1H3/t14-,15-,16+,17+,18+,20+,21+,22+,23-/m0/s1. The van der Waals surface area contributed by atoms with Gasteiger partial charge in [0.15, 0.2) is 0 Å². The van der Waals surface area contributed by atoms with Gasteiger partial charge in [0.25, 0.3) is 0 Å². The van der Waals surface area contributed by atoms with Gasteiger partial charge in [-0.2, -0.15) is 0 Å². The van der Waals surface area contributed by atoms with E-state index in [4.69, 9.17) is 4.74 Å². The fourth-order valence-corrected chi connectivity index (χ4v) is 8.57. The molecule has 0 saturated heterocycles. The number of hydrogen-bond donors (Lipinski definition) is 4. The largest absolute Gasteiger partial charge is 0.458 e. The molecule has 4 N–H and O–H groups in total. The van der Waals surface area contributed by atoms with E-state index in [-0.39, 0.29) is 42.4 Å². The van der Waals surface area contributed by atoms with Gasteiger partial charge in [-0.1, -0.05) is 6.92 Å². The molecule has 0 aromatic carbocycles. The van der Waals surface area contributed by atoms with Crippen LogP contribution in [0.1, 0.15) is 58.3 Å². The molecule has 4 saturated carbocycles. The predicted octanol–water partition coefficient (Wildman–Crippen LogP) is 1.55. The predicted molar refractivity (Wildman–Crippen MR) is 105 cm³/mol. The topological polar surface area (TPSA) is 107 Å². The third-order valence-corrected chi connectivity index (χ3v) is 9.90. The van der Waals surface area contributed by atoms with Crippen molar-refractivity contribution in [1.82, 2.24) is 0 Å². The van der Waals surface area contributed by atoms with Crippen LogP contribution in [-0.4, -0.2) is 57.4 Å². The molecule has 0 bridgehead atoms. The van der Waals surface area contributed by atoms with E-state index in [0.29, 0.717) is 38.7 Å². The van der Waals surface area contributed by atoms with Crippen LogP contribution in [-0.2, 0) is 9.53 Å². The lowest BCUT2D eigenvalue weighted by molar-refractivity contribution is -0.252. The van der Waals surface area contributed by atoms with E-state index in [2.05, 4.69) is 6.92 Å². The summed E-state index contributed by atoms with van der Waals surface area (Å²) in [7, 11) is 0. The van der Waals surface area contributed by atoms with Crippen molar-refractivity contribution in [3.05, 3.63) is 11.6 Å². The van der Waals surface area contributed by atoms with Gasteiger partial charge in [-0.3, -0.25) is 0 Å². The number of carbonyl (C=O) groups is 1. The number of hydrogen-bond acceptors (Lipinski definition) is 6. The summed E-state index contributed by atoms with van der Waals surface area (Å²) in [6.45, 7) is 2.38. The Bertz CT molecular complexity index is 735. The summed E-state index contributed by atoms with van der Waals surface area (Å²) in [6, 6.07) is 0. The third-order valence-electron chi connectivity index (χ3n) is 9.90. The molecule has 4 fully saturated rings. The van der Waals surface area contributed by atoms with E-state index < -0.39 is 22.5 Å². The monoisotopic (exact) mass is 406 g/mol. The van der Waals surface area contributed by atoms with Gasteiger partial charge in [-0.05, 0) is 80.6 Å².